The Morgan fingerprint density at radius 1 is 1.35 bits per heavy atom. The number of rotatable bonds is 3. The highest BCUT2D eigenvalue weighted by Gasteiger charge is 2.14. The number of aliphatic imine (C=N–C) groups is 1. The number of aromatic nitrogens is 2. The lowest BCUT2D eigenvalue weighted by molar-refractivity contribution is -0.401. The Bertz CT molecular complexity index is 645. The molecule has 0 radical (unpaired) electrons. The molecule has 0 aromatic carbocycles. The van der Waals surface area contributed by atoms with Gasteiger partial charge in [0.1, 0.15) is 16.4 Å². The van der Waals surface area contributed by atoms with Crippen LogP contribution in [0.15, 0.2) is 33.9 Å². The van der Waals surface area contributed by atoms with Gasteiger partial charge < -0.3 is 9.32 Å². The third kappa shape index (κ3) is 2.97. The van der Waals surface area contributed by atoms with Crippen molar-refractivity contribution in [2.45, 2.75) is 6.92 Å². The Labute approximate surface area is 114 Å². The minimum absolute atomic E-state index is 0.247. The van der Waals surface area contributed by atoms with Gasteiger partial charge in [-0.1, -0.05) is 0 Å². The molecular formula is C12H13N5O3. The molecular weight excluding hydrogens is 262 g/mol. The van der Waals surface area contributed by atoms with Gasteiger partial charge in [0.2, 0.25) is 0 Å². The van der Waals surface area contributed by atoms with Crippen LogP contribution in [0.3, 0.4) is 0 Å². The standard InChI is InChI=1S/C12H13N5O3/c1-8(16(2)3)15-9-6-13-12(14-7-9)10-4-5-11(20-10)17(18)19/h4-7H,1-3H3. The second-order valence-corrected chi connectivity index (χ2v) is 4.21. The quantitative estimate of drug-likeness (QED) is 0.369. The van der Waals surface area contributed by atoms with Gasteiger partial charge in [-0.15, -0.1) is 0 Å². The van der Waals surface area contributed by atoms with E-state index in [-0.39, 0.29) is 17.5 Å². The van der Waals surface area contributed by atoms with Crippen LogP contribution in [0.5, 0.6) is 0 Å². The Kier molecular flexibility index (Phi) is 3.74. The number of hydrogen-bond donors (Lipinski definition) is 0. The van der Waals surface area contributed by atoms with Crippen LogP contribution in [-0.4, -0.2) is 39.7 Å². The van der Waals surface area contributed by atoms with E-state index in [1.807, 2.05) is 25.9 Å². The molecule has 0 saturated carbocycles. The van der Waals surface area contributed by atoms with Crippen molar-refractivity contribution >= 4 is 17.4 Å². The molecule has 0 N–H and O–H groups in total. The number of amidine groups is 1. The molecule has 0 amide bonds. The summed E-state index contributed by atoms with van der Waals surface area (Å²) in [6.07, 6.45) is 3.06. The van der Waals surface area contributed by atoms with E-state index in [2.05, 4.69) is 15.0 Å². The molecule has 0 aliphatic rings. The summed E-state index contributed by atoms with van der Waals surface area (Å²) in [5.41, 5.74) is 0.598. The minimum Gasteiger partial charge on any atom is -0.397 e. The smallest absolute Gasteiger partial charge is 0.397 e. The van der Waals surface area contributed by atoms with Gasteiger partial charge in [0.25, 0.3) is 0 Å². The zero-order chi connectivity index (χ0) is 14.7. The first-order chi connectivity index (χ1) is 9.47. The maximum atomic E-state index is 10.5. The first-order valence-corrected chi connectivity index (χ1v) is 5.76. The molecule has 0 fully saturated rings. The van der Waals surface area contributed by atoms with Crippen LogP contribution < -0.4 is 0 Å². The van der Waals surface area contributed by atoms with Gasteiger partial charge in [-0.05, 0) is 13.0 Å². The zero-order valence-corrected chi connectivity index (χ0v) is 11.3. The molecule has 2 aromatic rings. The van der Waals surface area contributed by atoms with Gasteiger partial charge in [0.05, 0.1) is 18.5 Å². The lowest BCUT2D eigenvalue weighted by Crippen LogP contribution is -2.17. The Balaban J connectivity index is 2.23. The normalized spacial score (nSPS) is 11.4. The highest BCUT2D eigenvalue weighted by Crippen LogP contribution is 2.23. The number of hydrogen-bond acceptors (Lipinski definition) is 6. The van der Waals surface area contributed by atoms with Crippen molar-refractivity contribution in [2.75, 3.05) is 14.1 Å². The average molecular weight is 275 g/mol. The van der Waals surface area contributed by atoms with Crippen LogP contribution >= 0.6 is 0 Å². The fraction of sp³-hybridized carbons (Fsp3) is 0.250. The molecule has 8 heteroatoms. The van der Waals surface area contributed by atoms with Gasteiger partial charge in [-0.3, -0.25) is 10.1 Å². The fourth-order valence-electron chi connectivity index (χ4n) is 1.34. The number of nitrogens with zero attached hydrogens (tertiary/aromatic N) is 5. The van der Waals surface area contributed by atoms with Crippen molar-refractivity contribution in [2.24, 2.45) is 4.99 Å². The molecule has 0 aliphatic carbocycles. The summed E-state index contributed by atoms with van der Waals surface area (Å²) < 4.78 is 5.02. The minimum atomic E-state index is -0.609. The maximum Gasteiger partial charge on any atom is 0.433 e. The molecule has 20 heavy (non-hydrogen) atoms. The summed E-state index contributed by atoms with van der Waals surface area (Å²) in [4.78, 5) is 24.3. The van der Waals surface area contributed by atoms with Crippen molar-refractivity contribution < 1.29 is 9.34 Å². The monoisotopic (exact) mass is 275 g/mol. The van der Waals surface area contributed by atoms with Gasteiger partial charge in [-0.25, -0.2) is 15.0 Å². The highest BCUT2D eigenvalue weighted by molar-refractivity contribution is 5.81. The summed E-state index contributed by atoms with van der Waals surface area (Å²) in [5.74, 6) is 1.00. The Morgan fingerprint density at radius 2 is 2.00 bits per heavy atom. The first kappa shape index (κ1) is 13.7. The topological polar surface area (TPSA) is 97.7 Å². The molecule has 2 heterocycles. The summed E-state index contributed by atoms with van der Waals surface area (Å²) in [6.45, 7) is 1.86. The van der Waals surface area contributed by atoms with E-state index in [9.17, 15) is 10.1 Å². The summed E-state index contributed by atoms with van der Waals surface area (Å²) in [5, 5.41) is 10.5. The van der Waals surface area contributed by atoms with E-state index in [4.69, 9.17) is 4.42 Å². The van der Waals surface area contributed by atoms with Crippen LogP contribution in [-0.2, 0) is 0 Å². The van der Waals surface area contributed by atoms with Crippen molar-refractivity contribution in [3.05, 3.63) is 34.6 Å². The summed E-state index contributed by atoms with van der Waals surface area (Å²) in [7, 11) is 3.77. The number of furan rings is 1. The second kappa shape index (κ2) is 5.47. The molecule has 0 saturated heterocycles. The third-order valence-corrected chi connectivity index (χ3v) is 2.57. The van der Waals surface area contributed by atoms with Gasteiger partial charge >= 0.3 is 5.88 Å². The van der Waals surface area contributed by atoms with Crippen molar-refractivity contribution in [1.82, 2.24) is 14.9 Å². The molecule has 0 spiro atoms. The van der Waals surface area contributed by atoms with Crippen LogP contribution in [0, 0.1) is 10.1 Å². The predicted molar refractivity (Wildman–Crippen MR) is 72.8 cm³/mol. The predicted octanol–water partition coefficient (Wildman–Crippen LogP) is 2.26. The summed E-state index contributed by atoms with van der Waals surface area (Å²) in [6, 6.07) is 2.72. The van der Waals surface area contributed by atoms with Crippen LogP contribution in [0.1, 0.15) is 6.92 Å². The van der Waals surface area contributed by atoms with E-state index < -0.39 is 4.92 Å². The van der Waals surface area contributed by atoms with Gasteiger partial charge in [0, 0.05) is 14.1 Å². The van der Waals surface area contributed by atoms with Gasteiger partial charge in [-0.2, -0.15) is 0 Å². The molecule has 104 valence electrons. The van der Waals surface area contributed by atoms with Crippen LogP contribution in [0.2, 0.25) is 0 Å². The zero-order valence-electron chi connectivity index (χ0n) is 11.3. The van der Waals surface area contributed by atoms with Crippen molar-refractivity contribution in [1.29, 1.82) is 0 Å². The van der Waals surface area contributed by atoms with E-state index in [1.54, 1.807) is 0 Å². The molecule has 2 aromatic heterocycles. The van der Waals surface area contributed by atoms with E-state index >= 15 is 0 Å². The lowest BCUT2D eigenvalue weighted by Gasteiger charge is -2.10. The highest BCUT2D eigenvalue weighted by atomic mass is 16.6. The van der Waals surface area contributed by atoms with Gasteiger partial charge in [0.15, 0.2) is 11.6 Å². The largest absolute Gasteiger partial charge is 0.433 e. The second-order valence-electron chi connectivity index (χ2n) is 4.21. The maximum absolute atomic E-state index is 10.5. The molecule has 0 bridgehead atoms. The third-order valence-electron chi connectivity index (χ3n) is 2.57. The molecule has 8 nitrogen and oxygen atoms in total. The van der Waals surface area contributed by atoms with Crippen LogP contribution in [0.4, 0.5) is 11.6 Å². The Morgan fingerprint density at radius 3 is 2.50 bits per heavy atom. The Hall–Kier alpha value is -2.77. The first-order valence-electron chi connectivity index (χ1n) is 5.76. The summed E-state index contributed by atoms with van der Waals surface area (Å²) >= 11 is 0. The van der Waals surface area contributed by atoms with Crippen LogP contribution in [0.25, 0.3) is 11.6 Å². The average Bonchev–Trinajstić information content (AvgIpc) is 2.89. The molecule has 2 rings (SSSR count). The molecule has 0 atom stereocenters. The lowest BCUT2D eigenvalue weighted by atomic mass is 10.4. The molecule has 0 unspecified atom stereocenters. The van der Waals surface area contributed by atoms with E-state index in [1.165, 1.54) is 24.5 Å². The van der Waals surface area contributed by atoms with E-state index in [0.29, 0.717) is 5.69 Å². The van der Waals surface area contributed by atoms with E-state index in [0.717, 1.165) is 5.84 Å². The number of nitro groups is 1. The van der Waals surface area contributed by atoms with Crippen molar-refractivity contribution in [3.63, 3.8) is 0 Å². The fourth-order valence-corrected chi connectivity index (χ4v) is 1.34. The van der Waals surface area contributed by atoms with Crippen molar-refractivity contribution in [3.8, 4) is 11.6 Å². The SMILES string of the molecule is CC(=Nc1cnc(-c2ccc([N+](=O)[O-])o2)nc1)N(C)C. The molecule has 0 aliphatic heterocycles.